The van der Waals surface area contributed by atoms with Crippen LogP contribution in [0.15, 0.2) is 24.3 Å². The molecule has 0 atom stereocenters. The van der Waals surface area contributed by atoms with Crippen molar-refractivity contribution in [3.63, 3.8) is 0 Å². The molecule has 0 fully saturated rings. The maximum atomic E-state index is 11.6. The molecule has 0 N–H and O–H groups in total. The fourth-order valence-corrected chi connectivity index (χ4v) is 1.10. The summed E-state index contributed by atoms with van der Waals surface area (Å²) in [5, 5.41) is 0. The van der Waals surface area contributed by atoms with E-state index in [1.165, 1.54) is 0 Å². The number of carbonyl (C=O) groups excluding carboxylic acids is 1. The zero-order valence-corrected chi connectivity index (χ0v) is 9.78. The SMILES string of the molecule is CCOc1ccc(C(=O)C#CN(C)C)cc1. The van der Waals surface area contributed by atoms with Crippen LogP contribution in [0.25, 0.3) is 0 Å². The van der Waals surface area contributed by atoms with Gasteiger partial charge >= 0.3 is 0 Å². The Bertz CT molecular complexity index is 410. The molecule has 1 aromatic rings. The van der Waals surface area contributed by atoms with Crippen LogP contribution in [0.5, 0.6) is 5.75 Å². The lowest BCUT2D eigenvalue weighted by Gasteiger charge is -2.02. The van der Waals surface area contributed by atoms with Gasteiger partial charge < -0.3 is 9.64 Å². The Morgan fingerprint density at radius 2 is 1.94 bits per heavy atom. The van der Waals surface area contributed by atoms with E-state index in [4.69, 9.17) is 4.74 Å². The lowest BCUT2D eigenvalue weighted by Crippen LogP contribution is -2.03. The number of hydrogen-bond donors (Lipinski definition) is 0. The molecule has 0 bridgehead atoms. The number of carbonyl (C=O) groups is 1. The largest absolute Gasteiger partial charge is 0.494 e. The zero-order valence-electron chi connectivity index (χ0n) is 9.78. The van der Waals surface area contributed by atoms with Gasteiger partial charge in [-0.3, -0.25) is 4.79 Å². The van der Waals surface area contributed by atoms with Crippen molar-refractivity contribution in [1.29, 1.82) is 0 Å². The summed E-state index contributed by atoms with van der Waals surface area (Å²) in [5.41, 5.74) is 0.581. The molecule has 0 aromatic heterocycles. The molecule has 0 unspecified atom stereocenters. The zero-order chi connectivity index (χ0) is 12.0. The van der Waals surface area contributed by atoms with Crippen molar-refractivity contribution in [2.45, 2.75) is 6.92 Å². The predicted octanol–water partition coefficient (Wildman–Crippen LogP) is 1.79. The number of hydrogen-bond acceptors (Lipinski definition) is 3. The first-order valence-electron chi connectivity index (χ1n) is 5.09. The first-order valence-corrected chi connectivity index (χ1v) is 5.09. The van der Waals surface area contributed by atoms with E-state index >= 15 is 0 Å². The van der Waals surface area contributed by atoms with Crippen molar-refractivity contribution in [1.82, 2.24) is 4.90 Å². The van der Waals surface area contributed by atoms with Crippen molar-refractivity contribution < 1.29 is 9.53 Å². The Kier molecular flexibility index (Phi) is 4.41. The van der Waals surface area contributed by atoms with Crippen LogP contribution >= 0.6 is 0 Å². The van der Waals surface area contributed by atoms with Gasteiger partial charge in [0.05, 0.1) is 6.61 Å². The van der Waals surface area contributed by atoms with E-state index in [1.54, 1.807) is 43.3 Å². The van der Waals surface area contributed by atoms with Crippen molar-refractivity contribution in [2.24, 2.45) is 0 Å². The maximum absolute atomic E-state index is 11.6. The van der Waals surface area contributed by atoms with Gasteiger partial charge in [0.2, 0.25) is 5.78 Å². The smallest absolute Gasteiger partial charge is 0.237 e. The molecule has 0 aliphatic heterocycles. The maximum Gasteiger partial charge on any atom is 0.237 e. The average Bonchev–Trinajstić information content (AvgIpc) is 2.27. The van der Waals surface area contributed by atoms with Crippen molar-refractivity contribution >= 4 is 5.78 Å². The molecule has 3 nitrogen and oxygen atoms in total. The van der Waals surface area contributed by atoms with Crippen LogP contribution in [0.4, 0.5) is 0 Å². The lowest BCUT2D eigenvalue weighted by atomic mass is 10.1. The highest BCUT2D eigenvalue weighted by Gasteiger charge is 2.01. The van der Waals surface area contributed by atoms with Crippen LogP contribution in [0.1, 0.15) is 17.3 Å². The van der Waals surface area contributed by atoms with E-state index < -0.39 is 0 Å². The van der Waals surface area contributed by atoms with Crippen LogP contribution in [-0.2, 0) is 0 Å². The minimum absolute atomic E-state index is 0.184. The summed E-state index contributed by atoms with van der Waals surface area (Å²) >= 11 is 0. The van der Waals surface area contributed by atoms with Gasteiger partial charge in [0.1, 0.15) is 5.75 Å². The number of ketones is 1. The summed E-state index contributed by atoms with van der Waals surface area (Å²) < 4.78 is 5.28. The third-order valence-electron chi connectivity index (χ3n) is 1.82. The lowest BCUT2D eigenvalue weighted by molar-refractivity contribution is 0.105. The van der Waals surface area contributed by atoms with E-state index in [9.17, 15) is 4.79 Å². The average molecular weight is 217 g/mol. The molecule has 0 aliphatic rings. The van der Waals surface area contributed by atoms with Crippen molar-refractivity contribution in [3.8, 4) is 17.7 Å². The van der Waals surface area contributed by atoms with Gasteiger partial charge in [0.25, 0.3) is 0 Å². The highest BCUT2D eigenvalue weighted by atomic mass is 16.5. The van der Waals surface area contributed by atoms with Gasteiger partial charge in [-0.2, -0.15) is 0 Å². The second-order valence-electron chi connectivity index (χ2n) is 3.42. The van der Waals surface area contributed by atoms with Crippen molar-refractivity contribution in [3.05, 3.63) is 29.8 Å². The summed E-state index contributed by atoms with van der Waals surface area (Å²) in [6, 6.07) is 9.67. The number of rotatable bonds is 3. The Balaban J connectivity index is 2.75. The Labute approximate surface area is 96.0 Å². The van der Waals surface area contributed by atoms with E-state index in [0.717, 1.165) is 5.75 Å². The van der Waals surface area contributed by atoms with Gasteiger partial charge in [-0.05, 0) is 37.1 Å². The molecule has 0 radical (unpaired) electrons. The second kappa shape index (κ2) is 5.82. The minimum Gasteiger partial charge on any atom is -0.494 e. The van der Waals surface area contributed by atoms with Crippen LogP contribution in [-0.4, -0.2) is 31.4 Å². The van der Waals surface area contributed by atoms with Gasteiger partial charge in [0, 0.05) is 25.7 Å². The number of benzene rings is 1. The first-order chi connectivity index (χ1) is 7.63. The monoisotopic (exact) mass is 217 g/mol. The van der Waals surface area contributed by atoms with E-state index in [1.807, 2.05) is 6.92 Å². The summed E-state index contributed by atoms with van der Waals surface area (Å²) in [6.45, 7) is 2.54. The first kappa shape index (κ1) is 12.1. The van der Waals surface area contributed by atoms with E-state index in [-0.39, 0.29) is 5.78 Å². The van der Waals surface area contributed by atoms with E-state index in [0.29, 0.717) is 12.2 Å². The molecular formula is C13H15NO2. The molecule has 1 aromatic carbocycles. The summed E-state index contributed by atoms with van der Waals surface area (Å²) in [6.07, 6.45) is 0. The van der Waals surface area contributed by atoms with E-state index in [2.05, 4.69) is 12.0 Å². The van der Waals surface area contributed by atoms with Crippen LogP contribution in [0.2, 0.25) is 0 Å². The molecule has 0 saturated carbocycles. The highest BCUT2D eigenvalue weighted by molar-refractivity contribution is 6.08. The molecule has 0 heterocycles. The topological polar surface area (TPSA) is 29.5 Å². The number of ether oxygens (including phenoxy) is 1. The third kappa shape index (κ3) is 3.66. The number of nitrogens with zero attached hydrogens (tertiary/aromatic N) is 1. The Morgan fingerprint density at radius 3 is 2.44 bits per heavy atom. The highest BCUT2D eigenvalue weighted by Crippen LogP contribution is 2.12. The Hall–Kier alpha value is -1.95. The standard InChI is InChI=1S/C13H15NO2/c1-4-16-12-7-5-11(6-8-12)13(15)9-10-14(2)3/h5-8H,4H2,1-3H3. The molecule has 3 heteroatoms. The molecule has 0 spiro atoms. The van der Waals surface area contributed by atoms with Crippen LogP contribution in [0, 0.1) is 12.0 Å². The summed E-state index contributed by atoms with van der Waals surface area (Å²) in [4.78, 5) is 13.2. The molecule has 0 saturated heterocycles. The molecule has 84 valence electrons. The molecule has 0 aliphatic carbocycles. The Morgan fingerprint density at radius 1 is 1.31 bits per heavy atom. The normalized spacial score (nSPS) is 8.94. The van der Waals surface area contributed by atoms with Gasteiger partial charge in [-0.1, -0.05) is 0 Å². The summed E-state index contributed by atoms with van der Waals surface area (Å²) in [5.74, 6) is 3.13. The minimum atomic E-state index is -0.184. The predicted molar refractivity (Wildman–Crippen MR) is 63.4 cm³/mol. The van der Waals surface area contributed by atoms with Gasteiger partial charge in [0.15, 0.2) is 0 Å². The fourth-order valence-electron chi connectivity index (χ4n) is 1.10. The fraction of sp³-hybridized carbons (Fsp3) is 0.308. The van der Waals surface area contributed by atoms with Crippen LogP contribution < -0.4 is 4.74 Å². The molecule has 1 rings (SSSR count). The molecular weight excluding hydrogens is 202 g/mol. The molecule has 16 heavy (non-hydrogen) atoms. The summed E-state index contributed by atoms with van der Waals surface area (Å²) in [7, 11) is 3.58. The number of Topliss-reactive ketones (excluding diaryl/α,β-unsaturated/α-hetero) is 1. The molecule has 0 amide bonds. The van der Waals surface area contributed by atoms with Crippen molar-refractivity contribution in [2.75, 3.05) is 20.7 Å². The second-order valence-corrected chi connectivity index (χ2v) is 3.42. The van der Waals surface area contributed by atoms with Gasteiger partial charge in [-0.15, -0.1) is 0 Å². The van der Waals surface area contributed by atoms with Crippen LogP contribution in [0.3, 0.4) is 0 Å². The quantitative estimate of drug-likeness (QED) is 0.439. The van der Waals surface area contributed by atoms with Gasteiger partial charge in [-0.25, -0.2) is 0 Å². The third-order valence-corrected chi connectivity index (χ3v) is 1.82.